The third-order valence-electron chi connectivity index (χ3n) is 3.25. The van der Waals surface area contributed by atoms with E-state index in [0.29, 0.717) is 0 Å². The van der Waals surface area contributed by atoms with E-state index in [1.807, 2.05) is 0 Å². The first-order valence-corrected chi connectivity index (χ1v) is 9.50. The van der Waals surface area contributed by atoms with Crippen molar-refractivity contribution in [2.45, 2.75) is 25.2 Å². The van der Waals surface area contributed by atoms with Crippen LogP contribution in [0.4, 0.5) is 0 Å². The molecule has 0 atom stereocenters. The third-order valence-corrected chi connectivity index (χ3v) is 3.92. The summed E-state index contributed by atoms with van der Waals surface area (Å²) in [6, 6.07) is 0. The van der Waals surface area contributed by atoms with E-state index in [9.17, 15) is 29.7 Å². The van der Waals surface area contributed by atoms with Gasteiger partial charge in [-0.05, 0) is 0 Å². The molecule has 0 aromatic heterocycles. The number of esters is 3. The Hall–Kier alpha value is -0.660. The molecule has 0 aliphatic heterocycles. The van der Waals surface area contributed by atoms with Crippen LogP contribution in [0.5, 0.6) is 0 Å². The second kappa shape index (κ2) is 12.7. The fourth-order valence-electron chi connectivity index (χ4n) is 1.70. The lowest BCUT2D eigenvalue weighted by atomic mass is 9.87. The second-order valence-electron chi connectivity index (χ2n) is 5.15. The Bertz CT molecular complexity index is 410. The Morgan fingerprint density at radius 2 is 0.923 bits per heavy atom. The van der Waals surface area contributed by atoms with Gasteiger partial charge in [-0.3, -0.25) is 14.4 Å². The van der Waals surface area contributed by atoms with Crippen LogP contribution in [0.2, 0.25) is 0 Å². The zero-order valence-corrected chi connectivity index (χ0v) is 16.7. The molecule has 0 fully saturated rings. The molecule has 0 spiro atoms. The lowest BCUT2D eigenvalue weighted by Crippen LogP contribution is -2.62. The lowest BCUT2D eigenvalue weighted by molar-refractivity contribution is -0.392. The molecule has 12 heteroatoms. The maximum absolute atomic E-state index is 12.0. The molecule has 26 heavy (non-hydrogen) atoms. The summed E-state index contributed by atoms with van der Waals surface area (Å²) < 4.78 is 15.1. The van der Waals surface area contributed by atoms with Gasteiger partial charge < -0.3 is 29.5 Å². The summed E-state index contributed by atoms with van der Waals surface area (Å²) in [5.74, 6) is -5.64. The highest BCUT2D eigenvalue weighted by Crippen LogP contribution is 2.38. The molecule has 0 aliphatic rings. The molecular weight excluding hydrogens is 408 g/mol. The van der Waals surface area contributed by atoms with E-state index in [0.717, 1.165) is 0 Å². The van der Waals surface area contributed by atoms with E-state index in [1.165, 1.54) is 0 Å². The monoisotopic (exact) mass is 432 g/mol. The van der Waals surface area contributed by atoms with Crippen molar-refractivity contribution in [3.8, 4) is 0 Å². The van der Waals surface area contributed by atoms with E-state index in [-0.39, 0.29) is 36.5 Å². The summed E-state index contributed by atoms with van der Waals surface area (Å²) in [5, 5.41) is 29.1. The average Bonchev–Trinajstić information content (AvgIpc) is 2.57. The molecule has 152 valence electrons. The van der Waals surface area contributed by atoms with Gasteiger partial charge in [0, 0.05) is 17.3 Å². The van der Waals surface area contributed by atoms with Gasteiger partial charge in [0.05, 0.1) is 39.1 Å². The summed E-state index contributed by atoms with van der Waals surface area (Å²) in [6.07, 6.45) is -0.758. The minimum absolute atomic E-state index is 0.0639. The average molecular weight is 433 g/mol. The standard InChI is InChI=1S/C14H24O9S3/c15-7-13(8-16,9-17)14(21-10(18)1-4-24,22-11(19)2-5-25)23-12(20)3-6-26/h15-17,24-26H,1-9H2. The van der Waals surface area contributed by atoms with Gasteiger partial charge in [-0.15, -0.1) is 0 Å². The fraction of sp³-hybridized carbons (Fsp3) is 0.786. The first-order valence-electron chi connectivity index (χ1n) is 7.61. The number of thiol groups is 3. The van der Waals surface area contributed by atoms with Crippen LogP contribution in [-0.4, -0.2) is 76.3 Å². The highest BCUT2D eigenvalue weighted by molar-refractivity contribution is 7.80. The Morgan fingerprint density at radius 3 is 1.12 bits per heavy atom. The Labute approximate surface area is 167 Å². The molecule has 0 amide bonds. The SMILES string of the molecule is O=C(CCS)OC(OC(=O)CCS)(OC(=O)CCS)C(CO)(CO)CO. The second-order valence-corrected chi connectivity index (χ2v) is 6.50. The molecule has 0 heterocycles. The van der Waals surface area contributed by atoms with Crippen LogP contribution in [0.15, 0.2) is 0 Å². The number of hydrogen-bond donors (Lipinski definition) is 6. The Morgan fingerprint density at radius 1 is 0.654 bits per heavy atom. The summed E-state index contributed by atoms with van der Waals surface area (Å²) >= 11 is 11.6. The number of carbonyl (C=O) groups excluding carboxylic acids is 3. The highest BCUT2D eigenvalue weighted by atomic mass is 32.1. The van der Waals surface area contributed by atoms with Crippen LogP contribution in [-0.2, 0) is 28.6 Å². The summed E-state index contributed by atoms with van der Waals surface area (Å²) in [6.45, 7) is -3.09. The predicted molar refractivity (Wildman–Crippen MR) is 100 cm³/mol. The van der Waals surface area contributed by atoms with E-state index < -0.39 is 49.1 Å². The largest absolute Gasteiger partial charge is 0.436 e. The molecule has 0 aliphatic carbocycles. The van der Waals surface area contributed by atoms with E-state index in [2.05, 4.69) is 37.9 Å². The van der Waals surface area contributed by atoms with Gasteiger partial charge in [0.25, 0.3) is 0 Å². The molecule has 9 nitrogen and oxygen atoms in total. The van der Waals surface area contributed by atoms with Crippen molar-refractivity contribution < 1.29 is 43.9 Å². The first kappa shape index (κ1) is 25.3. The number of aliphatic hydroxyl groups is 3. The van der Waals surface area contributed by atoms with Crippen LogP contribution in [0.3, 0.4) is 0 Å². The topological polar surface area (TPSA) is 140 Å². The normalized spacial score (nSPS) is 11.8. The molecule has 0 aromatic rings. The summed E-state index contributed by atoms with van der Waals surface area (Å²) in [7, 11) is 0. The summed E-state index contributed by atoms with van der Waals surface area (Å²) in [5.41, 5.74) is -2.21. The van der Waals surface area contributed by atoms with Crippen LogP contribution in [0.1, 0.15) is 19.3 Å². The van der Waals surface area contributed by atoms with Crippen molar-refractivity contribution in [2.24, 2.45) is 5.41 Å². The van der Waals surface area contributed by atoms with E-state index >= 15 is 0 Å². The van der Waals surface area contributed by atoms with Gasteiger partial charge in [0.15, 0.2) is 5.41 Å². The maximum Gasteiger partial charge on any atom is 0.436 e. The van der Waals surface area contributed by atoms with Crippen molar-refractivity contribution in [2.75, 3.05) is 37.1 Å². The Kier molecular flexibility index (Phi) is 12.4. The minimum Gasteiger partial charge on any atom is -0.395 e. The van der Waals surface area contributed by atoms with Gasteiger partial charge >= 0.3 is 23.9 Å². The van der Waals surface area contributed by atoms with Gasteiger partial charge in [-0.1, -0.05) is 0 Å². The molecule has 0 radical (unpaired) electrons. The lowest BCUT2D eigenvalue weighted by Gasteiger charge is -2.43. The van der Waals surface area contributed by atoms with Crippen LogP contribution < -0.4 is 0 Å². The zero-order valence-electron chi connectivity index (χ0n) is 14.0. The van der Waals surface area contributed by atoms with Crippen molar-refractivity contribution in [1.29, 1.82) is 0 Å². The van der Waals surface area contributed by atoms with Crippen molar-refractivity contribution >= 4 is 55.8 Å². The van der Waals surface area contributed by atoms with Gasteiger partial charge in [0.2, 0.25) is 0 Å². The maximum atomic E-state index is 12.0. The van der Waals surface area contributed by atoms with Crippen LogP contribution >= 0.6 is 37.9 Å². The van der Waals surface area contributed by atoms with Crippen LogP contribution in [0.25, 0.3) is 0 Å². The van der Waals surface area contributed by atoms with Gasteiger partial charge in [-0.2, -0.15) is 37.9 Å². The van der Waals surface area contributed by atoms with Gasteiger partial charge in [-0.25, -0.2) is 0 Å². The van der Waals surface area contributed by atoms with E-state index in [4.69, 9.17) is 14.2 Å². The molecule has 0 aromatic carbocycles. The number of aliphatic hydroxyl groups excluding tert-OH is 3. The molecule has 0 saturated heterocycles. The molecule has 0 unspecified atom stereocenters. The van der Waals surface area contributed by atoms with E-state index in [1.54, 1.807) is 0 Å². The first-order chi connectivity index (χ1) is 12.3. The quantitative estimate of drug-likeness (QED) is 0.125. The van der Waals surface area contributed by atoms with Crippen molar-refractivity contribution in [1.82, 2.24) is 0 Å². The number of hydrogen-bond acceptors (Lipinski definition) is 12. The fourth-order valence-corrected chi connectivity index (χ4v) is 2.25. The highest BCUT2D eigenvalue weighted by Gasteiger charge is 2.62. The molecule has 0 bridgehead atoms. The Balaban J connectivity index is 6.14. The summed E-state index contributed by atoms with van der Waals surface area (Å²) in [4.78, 5) is 36.0. The van der Waals surface area contributed by atoms with Gasteiger partial charge in [0.1, 0.15) is 0 Å². The zero-order chi connectivity index (χ0) is 20.2. The number of ether oxygens (including phenoxy) is 3. The molecule has 3 N–H and O–H groups in total. The molecule has 0 saturated carbocycles. The smallest absolute Gasteiger partial charge is 0.395 e. The van der Waals surface area contributed by atoms with Crippen molar-refractivity contribution in [3.63, 3.8) is 0 Å². The number of carbonyl (C=O) groups is 3. The molecule has 0 rings (SSSR count). The molecular formula is C14H24O9S3. The van der Waals surface area contributed by atoms with Crippen LogP contribution in [0, 0.1) is 5.41 Å². The third kappa shape index (κ3) is 6.82. The predicted octanol–water partition coefficient (Wildman–Crippen LogP) is -0.807. The number of rotatable bonds is 13. The van der Waals surface area contributed by atoms with Crippen molar-refractivity contribution in [3.05, 3.63) is 0 Å². The minimum atomic E-state index is -2.87.